The number of likely N-dealkylation sites (tertiary alicyclic amines) is 2. The van der Waals surface area contributed by atoms with Gasteiger partial charge in [0.15, 0.2) is 5.76 Å². The molecule has 2 saturated heterocycles. The zero-order chi connectivity index (χ0) is 24.4. The molecule has 0 aliphatic carbocycles. The quantitative estimate of drug-likeness (QED) is 0.509. The smallest absolute Gasteiger partial charge is 0.289 e. The fourth-order valence-corrected chi connectivity index (χ4v) is 5.86. The van der Waals surface area contributed by atoms with Crippen LogP contribution in [0.5, 0.6) is 0 Å². The topological polar surface area (TPSA) is 56.9 Å². The van der Waals surface area contributed by atoms with Gasteiger partial charge in [-0.15, -0.1) is 0 Å². The lowest BCUT2D eigenvalue weighted by atomic mass is 9.84. The van der Waals surface area contributed by atoms with E-state index in [-0.39, 0.29) is 5.91 Å². The Bertz CT molecular complexity index is 1140. The molecule has 1 atom stereocenters. The molecular formula is C30H38N2O3. The first-order chi connectivity index (χ1) is 16.9. The summed E-state index contributed by atoms with van der Waals surface area (Å²) < 4.78 is 5.99. The molecule has 0 radical (unpaired) electrons. The second kappa shape index (κ2) is 10.2. The first-order valence-corrected chi connectivity index (χ1v) is 13.2. The zero-order valence-corrected chi connectivity index (χ0v) is 21.1. The van der Waals surface area contributed by atoms with Crippen molar-refractivity contribution >= 4 is 16.9 Å². The predicted octanol–water partition coefficient (Wildman–Crippen LogP) is 5.78. The van der Waals surface area contributed by atoms with Gasteiger partial charge in [0.05, 0.1) is 5.60 Å². The minimum Gasteiger partial charge on any atom is -0.451 e. The molecule has 1 amide bonds. The Morgan fingerprint density at radius 3 is 2.54 bits per heavy atom. The number of nitrogens with zero attached hydrogens (tertiary/aromatic N) is 2. The first kappa shape index (κ1) is 24.1. The number of aliphatic hydroxyl groups is 1. The zero-order valence-electron chi connectivity index (χ0n) is 21.1. The summed E-state index contributed by atoms with van der Waals surface area (Å²) in [7, 11) is 0. The van der Waals surface area contributed by atoms with Gasteiger partial charge in [0.1, 0.15) is 5.58 Å². The Kier molecular flexibility index (Phi) is 6.99. The lowest BCUT2D eigenvalue weighted by Gasteiger charge is -2.39. The maximum atomic E-state index is 13.3. The van der Waals surface area contributed by atoms with Gasteiger partial charge in [0.25, 0.3) is 5.91 Å². The van der Waals surface area contributed by atoms with Crippen molar-refractivity contribution in [1.29, 1.82) is 0 Å². The molecule has 2 fully saturated rings. The van der Waals surface area contributed by atoms with Crippen molar-refractivity contribution in [2.24, 2.45) is 5.92 Å². The van der Waals surface area contributed by atoms with E-state index >= 15 is 0 Å². The number of hydrogen-bond acceptors (Lipinski definition) is 4. The molecule has 1 unspecified atom stereocenters. The van der Waals surface area contributed by atoms with E-state index in [0.717, 1.165) is 75.8 Å². The number of hydrogen-bond donors (Lipinski definition) is 1. The van der Waals surface area contributed by atoms with Crippen LogP contribution in [0.1, 0.15) is 73.6 Å². The largest absolute Gasteiger partial charge is 0.451 e. The van der Waals surface area contributed by atoms with E-state index in [9.17, 15) is 9.90 Å². The molecule has 0 saturated carbocycles. The number of fused-ring (bicyclic) bond motifs is 1. The Balaban J connectivity index is 1.27. The summed E-state index contributed by atoms with van der Waals surface area (Å²) in [5, 5.41) is 12.3. The third-order valence-electron chi connectivity index (χ3n) is 7.86. The highest BCUT2D eigenvalue weighted by Crippen LogP contribution is 2.35. The van der Waals surface area contributed by atoms with Gasteiger partial charge in [-0.3, -0.25) is 4.79 Å². The van der Waals surface area contributed by atoms with Crippen LogP contribution in [0.15, 0.2) is 59.0 Å². The highest BCUT2D eigenvalue weighted by Gasteiger charge is 2.34. The standard InChI is InChI=1S/C30H38N2O3/c1-22(2)21-31-17-13-30(34,14-18-31)26-10-11-27-25(19-26)20-28(35-27)29(33)32-15-6-9-24(12-16-32)23-7-4-3-5-8-23/h3-5,7-8,10-11,19-20,22,24,34H,6,9,12-18,21H2,1-2H3. The van der Waals surface area contributed by atoms with Crippen molar-refractivity contribution in [1.82, 2.24) is 9.80 Å². The minimum atomic E-state index is -0.819. The van der Waals surface area contributed by atoms with Gasteiger partial charge in [-0.05, 0) is 73.3 Å². The number of amides is 1. The molecule has 5 heteroatoms. The Morgan fingerprint density at radius 1 is 1.03 bits per heavy atom. The number of carbonyl (C=O) groups excluding carboxylic acids is 1. The van der Waals surface area contributed by atoms with Crippen molar-refractivity contribution < 1.29 is 14.3 Å². The summed E-state index contributed by atoms with van der Waals surface area (Å²) in [5.74, 6) is 1.50. The van der Waals surface area contributed by atoms with Gasteiger partial charge in [-0.1, -0.05) is 50.2 Å². The average Bonchev–Trinajstić information content (AvgIpc) is 3.14. The fourth-order valence-electron chi connectivity index (χ4n) is 5.86. The van der Waals surface area contributed by atoms with Crippen LogP contribution in [0.3, 0.4) is 0 Å². The molecule has 1 aromatic heterocycles. The molecule has 2 aliphatic heterocycles. The highest BCUT2D eigenvalue weighted by atomic mass is 16.3. The maximum Gasteiger partial charge on any atom is 0.289 e. The van der Waals surface area contributed by atoms with Crippen molar-refractivity contribution in [2.75, 3.05) is 32.7 Å². The number of furan rings is 1. The number of carbonyl (C=O) groups is 1. The van der Waals surface area contributed by atoms with Crippen molar-refractivity contribution in [3.05, 3.63) is 71.5 Å². The second-order valence-electron chi connectivity index (χ2n) is 10.9. The molecule has 3 heterocycles. The van der Waals surface area contributed by atoms with Crippen LogP contribution >= 0.6 is 0 Å². The van der Waals surface area contributed by atoms with E-state index in [0.29, 0.717) is 23.2 Å². The second-order valence-corrected chi connectivity index (χ2v) is 10.9. The molecule has 35 heavy (non-hydrogen) atoms. The van der Waals surface area contributed by atoms with E-state index in [1.165, 1.54) is 5.56 Å². The van der Waals surface area contributed by atoms with Gasteiger partial charge in [-0.2, -0.15) is 0 Å². The Hall–Kier alpha value is -2.63. The molecule has 186 valence electrons. The van der Waals surface area contributed by atoms with Crippen LogP contribution in [0.2, 0.25) is 0 Å². The fraction of sp³-hybridized carbons (Fsp3) is 0.500. The summed E-state index contributed by atoms with van der Waals surface area (Å²) in [4.78, 5) is 17.7. The Labute approximate surface area is 208 Å². The van der Waals surface area contributed by atoms with E-state index in [2.05, 4.69) is 49.1 Å². The van der Waals surface area contributed by atoms with Crippen molar-refractivity contribution in [2.45, 2.75) is 57.5 Å². The van der Waals surface area contributed by atoms with E-state index in [1.54, 1.807) is 0 Å². The molecule has 2 aromatic carbocycles. The summed E-state index contributed by atoms with van der Waals surface area (Å²) in [6, 6.07) is 18.4. The van der Waals surface area contributed by atoms with Gasteiger partial charge >= 0.3 is 0 Å². The van der Waals surface area contributed by atoms with E-state index in [1.807, 2.05) is 29.2 Å². The van der Waals surface area contributed by atoms with Crippen LogP contribution < -0.4 is 0 Å². The molecule has 1 N–H and O–H groups in total. The summed E-state index contributed by atoms with van der Waals surface area (Å²) in [6.07, 6.45) is 4.53. The van der Waals surface area contributed by atoms with E-state index in [4.69, 9.17) is 4.42 Å². The van der Waals surface area contributed by atoms with E-state index < -0.39 is 5.60 Å². The summed E-state index contributed by atoms with van der Waals surface area (Å²) >= 11 is 0. The third kappa shape index (κ3) is 5.31. The van der Waals surface area contributed by atoms with Gasteiger partial charge in [0, 0.05) is 38.1 Å². The molecule has 5 nitrogen and oxygen atoms in total. The normalized spacial score (nSPS) is 21.4. The van der Waals surface area contributed by atoms with Crippen LogP contribution in [0.4, 0.5) is 0 Å². The monoisotopic (exact) mass is 474 g/mol. The lowest BCUT2D eigenvalue weighted by molar-refractivity contribution is -0.0278. The molecule has 5 rings (SSSR count). The Morgan fingerprint density at radius 2 is 1.80 bits per heavy atom. The highest BCUT2D eigenvalue weighted by molar-refractivity contribution is 5.96. The average molecular weight is 475 g/mol. The van der Waals surface area contributed by atoms with Crippen LogP contribution in [-0.4, -0.2) is 53.5 Å². The summed E-state index contributed by atoms with van der Waals surface area (Å²) in [6.45, 7) is 8.86. The lowest BCUT2D eigenvalue weighted by Crippen LogP contribution is -2.43. The molecule has 0 bridgehead atoms. The maximum absolute atomic E-state index is 13.3. The SMILES string of the molecule is CC(C)CN1CCC(O)(c2ccc3oc(C(=O)N4CCCC(c5ccccc5)CC4)cc3c2)CC1. The number of rotatable bonds is 5. The van der Waals surface area contributed by atoms with Crippen LogP contribution in [0, 0.1) is 5.92 Å². The number of benzene rings is 2. The van der Waals surface area contributed by atoms with Crippen LogP contribution in [0.25, 0.3) is 11.0 Å². The van der Waals surface area contributed by atoms with Gasteiger partial charge < -0.3 is 19.3 Å². The third-order valence-corrected chi connectivity index (χ3v) is 7.86. The summed E-state index contributed by atoms with van der Waals surface area (Å²) in [5.41, 5.74) is 2.18. The van der Waals surface area contributed by atoms with Crippen molar-refractivity contribution in [3.63, 3.8) is 0 Å². The van der Waals surface area contributed by atoms with Crippen molar-refractivity contribution in [3.8, 4) is 0 Å². The first-order valence-electron chi connectivity index (χ1n) is 13.2. The number of piperidine rings is 1. The molecule has 3 aromatic rings. The van der Waals surface area contributed by atoms with Crippen LogP contribution in [-0.2, 0) is 5.60 Å². The molecule has 0 spiro atoms. The molecule has 2 aliphatic rings. The predicted molar refractivity (Wildman–Crippen MR) is 140 cm³/mol. The van der Waals surface area contributed by atoms with Gasteiger partial charge in [-0.25, -0.2) is 0 Å². The van der Waals surface area contributed by atoms with Gasteiger partial charge in [0.2, 0.25) is 0 Å². The molecular weight excluding hydrogens is 436 g/mol. The minimum absolute atomic E-state index is 0.0304.